The summed E-state index contributed by atoms with van der Waals surface area (Å²) in [5.74, 6) is 0.0607. The normalized spacial score (nSPS) is 12.8. The largest absolute Gasteiger partial charge is 0.468 e. The Balaban J connectivity index is 0.000000924. The number of carbonyl (C=O) groups is 1. The van der Waals surface area contributed by atoms with Crippen molar-refractivity contribution in [3.8, 4) is 5.88 Å². The van der Waals surface area contributed by atoms with Gasteiger partial charge in [0.1, 0.15) is 6.29 Å². The van der Waals surface area contributed by atoms with Gasteiger partial charge in [0.15, 0.2) is 6.61 Å². The predicted octanol–water partition coefficient (Wildman–Crippen LogP) is 5.59. The Bertz CT molecular complexity index is 897. The molecule has 1 aliphatic heterocycles. The third kappa shape index (κ3) is 17.8. The van der Waals surface area contributed by atoms with Gasteiger partial charge in [-0.2, -0.15) is 13.2 Å². The Morgan fingerprint density at radius 1 is 1.10 bits per heavy atom. The first-order valence-corrected chi connectivity index (χ1v) is 13.9. The van der Waals surface area contributed by atoms with Crippen LogP contribution in [0.15, 0.2) is 31.5 Å². The number of hydrogen-bond acceptors (Lipinski definition) is 8. The van der Waals surface area contributed by atoms with Gasteiger partial charge in [0, 0.05) is 56.1 Å². The van der Waals surface area contributed by atoms with Crippen molar-refractivity contribution in [2.45, 2.75) is 64.5 Å². The summed E-state index contributed by atoms with van der Waals surface area (Å²) in [7, 11) is 3.23. The van der Waals surface area contributed by atoms with Crippen LogP contribution < -0.4 is 10.5 Å². The minimum atomic E-state index is -4.34. The number of aldehydes is 1. The van der Waals surface area contributed by atoms with Crippen LogP contribution in [0.4, 0.5) is 13.2 Å². The molecular weight excluding hydrogens is 529 g/mol. The van der Waals surface area contributed by atoms with E-state index in [-0.39, 0.29) is 5.88 Å². The number of methoxy groups -OCH3 is 1. The van der Waals surface area contributed by atoms with Crippen molar-refractivity contribution in [1.82, 2.24) is 14.9 Å². The lowest BCUT2D eigenvalue weighted by atomic mass is 10.1. The molecule has 0 bridgehead atoms. The van der Waals surface area contributed by atoms with Gasteiger partial charge in [-0.3, -0.25) is 0 Å². The van der Waals surface area contributed by atoms with Gasteiger partial charge in [-0.1, -0.05) is 25.3 Å². The van der Waals surface area contributed by atoms with Crippen LogP contribution in [0.3, 0.4) is 0 Å². The lowest BCUT2D eigenvalue weighted by Crippen LogP contribution is -2.27. The van der Waals surface area contributed by atoms with Gasteiger partial charge < -0.3 is 24.9 Å². The Hall–Kier alpha value is -2.34. The smallest absolute Gasteiger partial charge is 0.422 e. The lowest BCUT2D eigenvalue weighted by molar-refractivity contribution is -0.154. The molecule has 2 aromatic rings. The Morgan fingerprint density at radius 3 is 2.38 bits per heavy atom. The molecule has 11 heteroatoms. The van der Waals surface area contributed by atoms with Crippen molar-refractivity contribution in [3.63, 3.8) is 0 Å². The van der Waals surface area contributed by atoms with Crippen LogP contribution in [0.25, 0.3) is 0 Å². The lowest BCUT2D eigenvalue weighted by Gasteiger charge is -2.19. The molecule has 3 heterocycles. The number of nitrogens with zero attached hydrogens (tertiary/aromatic N) is 3. The van der Waals surface area contributed by atoms with E-state index in [0.29, 0.717) is 6.42 Å². The molecule has 0 atom stereocenters. The van der Waals surface area contributed by atoms with Gasteiger partial charge in [0.25, 0.3) is 0 Å². The summed E-state index contributed by atoms with van der Waals surface area (Å²) in [6.45, 7) is 10.5. The number of fused-ring (bicyclic) bond motifs is 1. The molecule has 2 N–H and O–H groups in total. The minimum absolute atomic E-state index is 0.0607. The van der Waals surface area contributed by atoms with Gasteiger partial charge in [-0.15, -0.1) is 24.5 Å². The number of ether oxygens (including phenoxy) is 2. The van der Waals surface area contributed by atoms with E-state index in [1.807, 2.05) is 13.0 Å². The number of carbonyl (C=O) groups excluding carboxylic acids is 1. The number of aryl methyl sites for hydroxylation is 1. The van der Waals surface area contributed by atoms with Crippen LogP contribution in [0, 0.1) is 6.92 Å². The van der Waals surface area contributed by atoms with Crippen LogP contribution in [-0.4, -0.2) is 74.3 Å². The van der Waals surface area contributed by atoms with Crippen LogP contribution >= 0.6 is 11.3 Å². The number of pyridine rings is 1. The third-order valence-electron chi connectivity index (χ3n) is 5.54. The van der Waals surface area contributed by atoms with Gasteiger partial charge in [0.2, 0.25) is 5.88 Å². The van der Waals surface area contributed by atoms with E-state index >= 15 is 0 Å². The number of unbranched alkanes of at least 4 members (excludes halogenated alkanes) is 4. The van der Waals surface area contributed by atoms with Crippen LogP contribution in [0.1, 0.15) is 53.2 Å². The highest BCUT2D eigenvalue weighted by Gasteiger charge is 2.28. The van der Waals surface area contributed by atoms with Gasteiger partial charge in [-0.25, -0.2) is 9.97 Å². The topological polar surface area (TPSA) is 90.6 Å². The Kier molecular flexibility index (Phi) is 21.1. The molecule has 0 saturated heterocycles. The number of hydrogen-bond donors (Lipinski definition) is 1. The average molecular weight is 575 g/mol. The van der Waals surface area contributed by atoms with Crippen LogP contribution in [0.2, 0.25) is 0 Å². The number of aromatic nitrogens is 2. The predicted molar refractivity (Wildman–Crippen MR) is 153 cm³/mol. The molecule has 0 aliphatic carbocycles. The fourth-order valence-electron chi connectivity index (χ4n) is 3.75. The van der Waals surface area contributed by atoms with Gasteiger partial charge in [0.05, 0.1) is 11.4 Å². The fourth-order valence-corrected chi connectivity index (χ4v) is 4.48. The highest BCUT2D eigenvalue weighted by molar-refractivity contribution is 7.11. The number of halogens is 3. The molecule has 222 valence electrons. The van der Waals surface area contributed by atoms with Crippen molar-refractivity contribution in [3.05, 3.63) is 52.6 Å². The molecule has 39 heavy (non-hydrogen) atoms. The number of thiazole rings is 1. The maximum Gasteiger partial charge on any atom is 0.422 e. The van der Waals surface area contributed by atoms with Crippen molar-refractivity contribution >= 4 is 17.6 Å². The molecule has 0 saturated carbocycles. The monoisotopic (exact) mass is 574 g/mol. The molecule has 3 rings (SSSR count). The maximum atomic E-state index is 12.3. The van der Waals surface area contributed by atoms with E-state index < -0.39 is 12.8 Å². The standard InChI is InChI=1S/C19H29F3N2O2.C6H7NOS.C2H4.CH5N/c1-25-14-6-4-2-3-5-11-24-12-9-16-7-8-18(23-17(16)10-13-24)26-15-19(20,21)22;1-5-4-7-6(9-5)2-3-8;2*1-2/h7-8H,2-6,9-15H2,1H3;3-4H,2H2,1H3;1-2H2;2H2,1H3. The molecular formula is C28H45F3N4O3S. The second-order valence-electron chi connectivity index (χ2n) is 8.50. The summed E-state index contributed by atoms with van der Waals surface area (Å²) < 4.78 is 46.6. The quantitative estimate of drug-likeness (QED) is 0.201. The van der Waals surface area contributed by atoms with Crippen molar-refractivity contribution < 1.29 is 27.4 Å². The fraction of sp³-hybridized carbons (Fsp3) is 0.607. The Labute approximate surface area is 235 Å². The van der Waals surface area contributed by atoms with E-state index in [1.165, 1.54) is 32.7 Å². The van der Waals surface area contributed by atoms with Gasteiger partial charge >= 0.3 is 6.18 Å². The number of nitrogens with two attached hydrogens (primary N) is 1. The molecule has 1 aliphatic rings. The third-order valence-corrected chi connectivity index (χ3v) is 6.47. The van der Waals surface area contributed by atoms with Crippen LogP contribution in [-0.2, 0) is 28.8 Å². The number of alkyl halides is 3. The van der Waals surface area contributed by atoms with Crippen LogP contribution in [0.5, 0.6) is 5.88 Å². The zero-order valence-corrected chi connectivity index (χ0v) is 24.4. The second kappa shape index (κ2) is 22.5. The van der Waals surface area contributed by atoms with E-state index in [2.05, 4.69) is 33.8 Å². The molecule has 7 nitrogen and oxygen atoms in total. The van der Waals surface area contributed by atoms with Crippen molar-refractivity contribution in [1.29, 1.82) is 0 Å². The summed E-state index contributed by atoms with van der Waals surface area (Å²) in [4.78, 5) is 21.8. The SMILES string of the molecule is C=C.CN.COCCCCCCCN1CCc2ccc(OCC(F)(F)F)nc2CC1.Cc1cnc(CC=O)s1. The molecule has 0 unspecified atom stereocenters. The maximum absolute atomic E-state index is 12.3. The summed E-state index contributed by atoms with van der Waals surface area (Å²) in [5, 5.41) is 0.905. The zero-order valence-electron chi connectivity index (χ0n) is 23.6. The van der Waals surface area contributed by atoms with Crippen molar-refractivity contribution in [2.75, 3.05) is 47.0 Å². The molecule has 0 radical (unpaired) electrons. The summed E-state index contributed by atoms with van der Waals surface area (Å²) in [5.41, 5.74) is 6.48. The molecule has 0 spiro atoms. The highest BCUT2D eigenvalue weighted by Crippen LogP contribution is 2.21. The van der Waals surface area contributed by atoms with E-state index in [9.17, 15) is 18.0 Å². The first-order valence-electron chi connectivity index (χ1n) is 13.1. The number of rotatable bonds is 12. The minimum Gasteiger partial charge on any atom is -0.468 e. The van der Waals surface area contributed by atoms with E-state index in [4.69, 9.17) is 9.47 Å². The average Bonchev–Trinajstić information content (AvgIpc) is 3.24. The first kappa shape index (κ1) is 36.7. The van der Waals surface area contributed by atoms with Crippen molar-refractivity contribution in [2.24, 2.45) is 5.73 Å². The van der Waals surface area contributed by atoms with E-state index in [0.717, 1.165) is 72.9 Å². The van der Waals surface area contributed by atoms with E-state index in [1.54, 1.807) is 30.7 Å². The zero-order chi connectivity index (χ0) is 29.5. The highest BCUT2D eigenvalue weighted by atomic mass is 32.1. The molecule has 0 amide bonds. The molecule has 0 fully saturated rings. The molecule has 0 aromatic carbocycles. The second-order valence-corrected chi connectivity index (χ2v) is 9.82. The summed E-state index contributed by atoms with van der Waals surface area (Å²) >= 11 is 1.57. The van der Waals surface area contributed by atoms with Gasteiger partial charge in [-0.05, 0) is 45.3 Å². The Morgan fingerprint density at radius 2 is 1.77 bits per heavy atom. The molecule has 2 aromatic heterocycles. The summed E-state index contributed by atoms with van der Waals surface area (Å²) in [6, 6.07) is 3.40. The summed E-state index contributed by atoms with van der Waals surface area (Å²) in [6.07, 6.45) is 6.39. The first-order chi connectivity index (χ1) is 18.8.